The van der Waals surface area contributed by atoms with Crippen molar-refractivity contribution in [1.82, 2.24) is 10.1 Å². The summed E-state index contributed by atoms with van der Waals surface area (Å²) in [6.07, 6.45) is -4.71. The molecule has 0 unspecified atom stereocenters. The Morgan fingerprint density at radius 3 is 2.48 bits per heavy atom. The van der Waals surface area contributed by atoms with Crippen molar-refractivity contribution < 1.29 is 22.4 Å². The SMILES string of the molecule is Cc1cccc(CNc2noc3ccc(-c4ccc(OC(F)(F)F)cc4)cc23)n1. The van der Waals surface area contributed by atoms with Crippen molar-refractivity contribution in [3.8, 4) is 16.9 Å². The molecule has 0 saturated carbocycles. The number of alkyl halides is 3. The zero-order valence-electron chi connectivity index (χ0n) is 15.3. The molecule has 0 spiro atoms. The van der Waals surface area contributed by atoms with E-state index in [1.54, 1.807) is 18.2 Å². The van der Waals surface area contributed by atoms with Crippen LogP contribution in [-0.2, 0) is 6.54 Å². The van der Waals surface area contributed by atoms with Gasteiger partial charge in [-0.25, -0.2) is 0 Å². The second kappa shape index (κ2) is 7.46. The van der Waals surface area contributed by atoms with Gasteiger partial charge in [0.05, 0.1) is 17.6 Å². The molecule has 0 bridgehead atoms. The molecule has 4 aromatic rings. The van der Waals surface area contributed by atoms with E-state index < -0.39 is 6.36 Å². The minimum Gasteiger partial charge on any atom is -0.406 e. The molecule has 0 atom stereocenters. The Hall–Kier alpha value is -3.55. The first-order chi connectivity index (χ1) is 13.9. The minimum atomic E-state index is -4.71. The van der Waals surface area contributed by atoms with Gasteiger partial charge in [-0.05, 0) is 54.4 Å². The average Bonchev–Trinajstić information content (AvgIpc) is 3.08. The third-order valence-electron chi connectivity index (χ3n) is 4.27. The van der Waals surface area contributed by atoms with Crippen LogP contribution in [0.25, 0.3) is 22.1 Å². The highest BCUT2D eigenvalue weighted by atomic mass is 19.4. The molecular formula is C21H16F3N3O2. The number of aromatic nitrogens is 2. The number of nitrogens with one attached hydrogen (secondary N) is 1. The molecule has 0 aliphatic carbocycles. The minimum absolute atomic E-state index is 0.264. The normalized spacial score (nSPS) is 11.6. The first kappa shape index (κ1) is 18.8. The number of ether oxygens (including phenoxy) is 1. The van der Waals surface area contributed by atoms with E-state index in [-0.39, 0.29) is 5.75 Å². The molecule has 1 N–H and O–H groups in total. The van der Waals surface area contributed by atoms with Crippen LogP contribution in [0.2, 0.25) is 0 Å². The van der Waals surface area contributed by atoms with Gasteiger partial charge in [0.25, 0.3) is 0 Å². The summed E-state index contributed by atoms with van der Waals surface area (Å²) < 4.78 is 46.2. The summed E-state index contributed by atoms with van der Waals surface area (Å²) in [6.45, 7) is 2.41. The number of nitrogens with zero attached hydrogens (tertiary/aromatic N) is 2. The Morgan fingerprint density at radius 2 is 1.76 bits per heavy atom. The van der Waals surface area contributed by atoms with Crippen LogP contribution < -0.4 is 10.1 Å². The number of aryl methyl sites for hydroxylation is 1. The molecule has 5 nitrogen and oxygen atoms in total. The monoisotopic (exact) mass is 399 g/mol. The molecule has 0 fully saturated rings. The molecule has 2 aromatic heterocycles. The Balaban J connectivity index is 1.56. The van der Waals surface area contributed by atoms with E-state index >= 15 is 0 Å². The van der Waals surface area contributed by atoms with Crippen LogP contribution in [0.3, 0.4) is 0 Å². The second-order valence-electron chi connectivity index (χ2n) is 6.44. The molecule has 4 rings (SSSR count). The van der Waals surface area contributed by atoms with Crippen molar-refractivity contribution in [3.63, 3.8) is 0 Å². The molecule has 0 saturated heterocycles. The zero-order valence-corrected chi connectivity index (χ0v) is 15.3. The maximum Gasteiger partial charge on any atom is 0.573 e. The van der Waals surface area contributed by atoms with E-state index in [4.69, 9.17) is 4.52 Å². The van der Waals surface area contributed by atoms with Crippen molar-refractivity contribution in [2.24, 2.45) is 0 Å². The van der Waals surface area contributed by atoms with Gasteiger partial charge in [0.1, 0.15) is 5.75 Å². The molecule has 0 radical (unpaired) electrons. The van der Waals surface area contributed by atoms with Gasteiger partial charge < -0.3 is 14.6 Å². The van der Waals surface area contributed by atoms with Gasteiger partial charge in [-0.3, -0.25) is 4.98 Å². The number of pyridine rings is 1. The molecule has 8 heteroatoms. The molecular weight excluding hydrogens is 383 g/mol. The fourth-order valence-corrected chi connectivity index (χ4v) is 2.97. The number of hydrogen-bond donors (Lipinski definition) is 1. The smallest absolute Gasteiger partial charge is 0.406 e. The fraction of sp³-hybridized carbons (Fsp3) is 0.143. The molecule has 29 heavy (non-hydrogen) atoms. The average molecular weight is 399 g/mol. The van der Waals surface area contributed by atoms with E-state index in [1.165, 1.54) is 12.1 Å². The lowest BCUT2D eigenvalue weighted by Gasteiger charge is -2.09. The predicted octanol–water partition coefficient (Wildman–Crippen LogP) is 5.71. The summed E-state index contributed by atoms with van der Waals surface area (Å²) >= 11 is 0. The third kappa shape index (κ3) is 4.48. The lowest BCUT2D eigenvalue weighted by atomic mass is 10.0. The highest BCUT2D eigenvalue weighted by Crippen LogP contribution is 2.31. The fourth-order valence-electron chi connectivity index (χ4n) is 2.97. The number of hydrogen-bond acceptors (Lipinski definition) is 5. The highest BCUT2D eigenvalue weighted by molar-refractivity contribution is 5.91. The van der Waals surface area contributed by atoms with Crippen LogP contribution in [0.5, 0.6) is 5.75 Å². The third-order valence-corrected chi connectivity index (χ3v) is 4.27. The first-order valence-corrected chi connectivity index (χ1v) is 8.79. The Labute approximate surface area is 164 Å². The second-order valence-corrected chi connectivity index (χ2v) is 6.44. The summed E-state index contributed by atoms with van der Waals surface area (Å²) in [5.74, 6) is 0.308. The number of rotatable bonds is 5. The predicted molar refractivity (Wildman–Crippen MR) is 102 cm³/mol. The van der Waals surface area contributed by atoms with Crippen molar-refractivity contribution in [1.29, 1.82) is 0 Å². The molecule has 0 aliphatic rings. The van der Waals surface area contributed by atoms with Gasteiger partial charge in [-0.15, -0.1) is 13.2 Å². The topological polar surface area (TPSA) is 60.2 Å². The van der Waals surface area contributed by atoms with Crippen LogP contribution in [0.15, 0.2) is 65.2 Å². The lowest BCUT2D eigenvalue weighted by molar-refractivity contribution is -0.274. The maximum atomic E-state index is 12.3. The van der Waals surface area contributed by atoms with Crippen LogP contribution in [0, 0.1) is 6.92 Å². The van der Waals surface area contributed by atoms with E-state index in [0.29, 0.717) is 17.9 Å². The molecule has 0 amide bonds. The zero-order chi connectivity index (χ0) is 20.4. The summed E-state index contributed by atoms with van der Waals surface area (Å²) in [6, 6.07) is 16.9. The van der Waals surface area contributed by atoms with E-state index in [1.807, 2.05) is 37.3 Å². The van der Waals surface area contributed by atoms with Gasteiger partial charge in [-0.1, -0.05) is 29.4 Å². The van der Waals surface area contributed by atoms with Gasteiger partial charge in [0.15, 0.2) is 11.4 Å². The molecule has 0 aliphatic heterocycles. The van der Waals surface area contributed by atoms with Gasteiger partial charge >= 0.3 is 6.36 Å². The van der Waals surface area contributed by atoms with Crippen molar-refractivity contribution >= 4 is 16.8 Å². The number of halogens is 3. The first-order valence-electron chi connectivity index (χ1n) is 8.79. The van der Waals surface area contributed by atoms with Crippen LogP contribution >= 0.6 is 0 Å². The lowest BCUT2D eigenvalue weighted by Crippen LogP contribution is -2.16. The van der Waals surface area contributed by atoms with Crippen molar-refractivity contribution in [3.05, 3.63) is 72.1 Å². The summed E-state index contributed by atoms with van der Waals surface area (Å²) in [5.41, 5.74) is 3.96. The Morgan fingerprint density at radius 1 is 1.00 bits per heavy atom. The van der Waals surface area contributed by atoms with Crippen LogP contribution in [0.4, 0.5) is 19.0 Å². The molecule has 2 heterocycles. The van der Waals surface area contributed by atoms with Crippen molar-refractivity contribution in [2.75, 3.05) is 5.32 Å². The Kier molecular flexibility index (Phi) is 4.84. The van der Waals surface area contributed by atoms with E-state index in [0.717, 1.165) is 27.9 Å². The largest absolute Gasteiger partial charge is 0.573 e. The quantitative estimate of drug-likeness (QED) is 0.466. The number of benzene rings is 2. The van der Waals surface area contributed by atoms with Crippen molar-refractivity contribution in [2.45, 2.75) is 19.8 Å². The van der Waals surface area contributed by atoms with Gasteiger partial charge in [0.2, 0.25) is 0 Å². The molecule has 148 valence electrons. The van der Waals surface area contributed by atoms with Gasteiger partial charge in [0, 0.05) is 5.69 Å². The number of anilines is 1. The summed E-state index contributed by atoms with van der Waals surface area (Å²) in [5, 5.41) is 8.04. The van der Waals surface area contributed by atoms with Crippen LogP contribution in [-0.4, -0.2) is 16.5 Å². The van der Waals surface area contributed by atoms with E-state index in [9.17, 15) is 13.2 Å². The maximum absolute atomic E-state index is 12.3. The van der Waals surface area contributed by atoms with Gasteiger partial charge in [-0.2, -0.15) is 0 Å². The Bertz CT molecular complexity index is 1140. The standard InChI is InChI=1S/C21H16F3N3O2/c1-13-3-2-4-16(26-13)12-25-20-18-11-15(7-10-19(18)29-27-20)14-5-8-17(9-6-14)28-21(22,23)24/h2-11H,12H2,1H3,(H,25,27). The van der Waals surface area contributed by atoms with E-state index in [2.05, 4.69) is 20.2 Å². The molecule has 2 aromatic carbocycles. The summed E-state index contributed by atoms with van der Waals surface area (Å²) in [7, 11) is 0. The highest BCUT2D eigenvalue weighted by Gasteiger charge is 2.30. The van der Waals surface area contributed by atoms with Crippen LogP contribution in [0.1, 0.15) is 11.4 Å². The number of fused-ring (bicyclic) bond motifs is 1. The summed E-state index contributed by atoms with van der Waals surface area (Å²) in [4.78, 5) is 4.44.